The summed E-state index contributed by atoms with van der Waals surface area (Å²) >= 11 is 0. The Morgan fingerprint density at radius 3 is 2.75 bits per heavy atom. The van der Waals surface area contributed by atoms with Crippen LogP contribution in [0.3, 0.4) is 0 Å². The van der Waals surface area contributed by atoms with Crippen LogP contribution in [0.1, 0.15) is 32.6 Å². The summed E-state index contributed by atoms with van der Waals surface area (Å²) in [5.74, 6) is -0.102. The van der Waals surface area contributed by atoms with Crippen LogP contribution in [-0.2, 0) is 9.53 Å². The van der Waals surface area contributed by atoms with Gasteiger partial charge in [0.15, 0.2) is 0 Å². The predicted octanol–water partition coefficient (Wildman–Crippen LogP) is 1.35. The first-order chi connectivity index (χ1) is 7.68. The van der Waals surface area contributed by atoms with E-state index in [1.807, 2.05) is 0 Å². The maximum atomic E-state index is 10.6. The van der Waals surface area contributed by atoms with Gasteiger partial charge in [-0.25, -0.2) is 0 Å². The van der Waals surface area contributed by atoms with Crippen molar-refractivity contribution in [2.24, 2.45) is 5.92 Å². The zero-order chi connectivity index (χ0) is 11.5. The summed E-state index contributed by atoms with van der Waals surface area (Å²) in [5, 5.41) is 8.76. The number of carboxylic acids is 1. The highest BCUT2D eigenvalue weighted by Crippen LogP contribution is 2.32. The molecule has 0 aromatic carbocycles. The minimum Gasteiger partial charge on any atom is -0.481 e. The first-order valence-electron chi connectivity index (χ1n) is 6.23. The second-order valence-electron chi connectivity index (χ2n) is 4.98. The third-order valence-electron chi connectivity index (χ3n) is 3.77. The van der Waals surface area contributed by atoms with Crippen LogP contribution in [0.2, 0.25) is 0 Å². The Morgan fingerprint density at radius 2 is 2.25 bits per heavy atom. The fourth-order valence-corrected chi connectivity index (χ4v) is 2.55. The fraction of sp³-hybridized carbons (Fsp3) is 0.917. The van der Waals surface area contributed by atoms with E-state index in [4.69, 9.17) is 9.84 Å². The summed E-state index contributed by atoms with van der Waals surface area (Å²) in [7, 11) is 0. The third-order valence-corrected chi connectivity index (χ3v) is 3.77. The molecule has 2 fully saturated rings. The van der Waals surface area contributed by atoms with Crippen molar-refractivity contribution in [3.63, 3.8) is 0 Å². The number of carboxylic acid groups (broad SMARTS) is 1. The molecule has 0 radical (unpaired) electrons. The summed E-state index contributed by atoms with van der Waals surface area (Å²) in [5.41, 5.74) is 0. The molecule has 92 valence electrons. The topological polar surface area (TPSA) is 49.8 Å². The average Bonchev–Trinajstić information content (AvgIpc) is 2.93. The Hall–Kier alpha value is -0.610. The molecule has 0 bridgehead atoms. The monoisotopic (exact) mass is 227 g/mol. The number of ether oxygens (including phenoxy) is 1. The van der Waals surface area contributed by atoms with Gasteiger partial charge in [-0.15, -0.1) is 0 Å². The van der Waals surface area contributed by atoms with Gasteiger partial charge >= 0.3 is 5.97 Å². The molecule has 16 heavy (non-hydrogen) atoms. The van der Waals surface area contributed by atoms with Crippen LogP contribution < -0.4 is 0 Å². The van der Waals surface area contributed by atoms with Gasteiger partial charge in [0.05, 0.1) is 13.0 Å². The molecule has 1 saturated heterocycles. The first-order valence-corrected chi connectivity index (χ1v) is 6.23. The summed E-state index contributed by atoms with van der Waals surface area (Å²) < 4.78 is 5.41. The van der Waals surface area contributed by atoms with Crippen LogP contribution in [0.15, 0.2) is 0 Å². The molecule has 4 nitrogen and oxygen atoms in total. The molecule has 0 amide bonds. The highest BCUT2D eigenvalue weighted by molar-refractivity contribution is 5.66. The van der Waals surface area contributed by atoms with Gasteiger partial charge in [-0.2, -0.15) is 0 Å². The minimum absolute atomic E-state index is 0.258. The van der Waals surface area contributed by atoms with Crippen LogP contribution in [0, 0.1) is 5.92 Å². The summed E-state index contributed by atoms with van der Waals surface area (Å²) in [4.78, 5) is 13.0. The Morgan fingerprint density at radius 1 is 1.50 bits per heavy atom. The van der Waals surface area contributed by atoms with Crippen molar-refractivity contribution in [3.8, 4) is 0 Å². The molecule has 1 aliphatic heterocycles. The molecular weight excluding hydrogens is 206 g/mol. The quantitative estimate of drug-likeness (QED) is 0.744. The van der Waals surface area contributed by atoms with Crippen molar-refractivity contribution in [1.29, 1.82) is 0 Å². The molecule has 4 heteroatoms. The number of hydrogen-bond donors (Lipinski definition) is 1. The third kappa shape index (κ3) is 2.95. The summed E-state index contributed by atoms with van der Waals surface area (Å²) in [6.45, 7) is 4.63. The van der Waals surface area contributed by atoms with E-state index in [2.05, 4.69) is 11.8 Å². The lowest BCUT2D eigenvalue weighted by Gasteiger charge is -2.32. The van der Waals surface area contributed by atoms with Crippen molar-refractivity contribution in [3.05, 3.63) is 0 Å². The van der Waals surface area contributed by atoms with Crippen molar-refractivity contribution in [2.75, 3.05) is 19.8 Å². The Bertz CT molecular complexity index is 247. The van der Waals surface area contributed by atoms with Gasteiger partial charge in [0.2, 0.25) is 0 Å². The first kappa shape index (κ1) is 11.9. The molecule has 1 heterocycles. The van der Waals surface area contributed by atoms with Gasteiger partial charge in [-0.05, 0) is 32.1 Å². The van der Waals surface area contributed by atoms with E-state index in [0.29, 0.717) is 24.5 Å². The molecule has 0 spiro atoms. The zero-order valence-electron chi connectivity index (χ0n) is 9.89. The lowest BCUT2D eigenvalue weighted by Crippen LogP contribution is -2.41. The number of rotatable bonds is 6. The van der Waals surface area contributed by atoms with Gasteiger partial charge in [0.25, 0.3) is 0 Å². The molecule has 1 aliphatic carbocycles. The van der Waals surface area contributed by atoms with Crippen molar-refractivity contribution in [2.45, 2.75) is 44.7 Å². The Kier molecular flexibility index (Phi) is 3.82. The minimum atomic E-state index is -0.694. The van der Waals surface area contributed by atoms with Crippen molar-refractivity contribution >= 4 is 5.97 Å². The van der Waals surface area contributed by atoms with Gasteiger partial charge in [0.1, 0.15) is 0 Å². The molecule has 2 aliphatic rings. The van der Waals surface area contributed by atoms with Gasteiger partial charge < -0.3 is 9.84 Å². The van der Waals surface area contributed by atoms with Crippen LogP contribution in [0.25, 0.3) is 0 Å². The van der Waals surface area contributed by atoms with E-state index in [9.17, 15) is 4.79 Å². The van der Waals surface area contributed by atoms with Crippen molar-refractivity contribution in [1.82, 2.24) is 4.90 Å². The molecule has 1 N–H and O–H groups in total. The Labute approximate surface area is 96.6 Å². The Balaban J connectivity index is 1.87. The lowest BCUT2D eigenvalue weighted by molar-refractivity contribution is -0.137. The zero-order valence-corrected chi connectivity index (χ0v) is 9.89. The maximum absolute atomic E-state index is 10.6. The van der Waals surface area contributed by atoms with Gasteiger partial charge in [-0.1, -0.05) is 0 Å². The molecule has 0 aromatic heterocycles. The van der Waals surface area contributed by atoms with Crippen LogP contribution in [0.5, 0.6) is 0 Å². The lowest BCUT2D eigenvalue weighted by atomic mass is 9.98. The van der Waals surface area contributed by atoms with Gasteiger partial charge in [0, 0.05) is 25.2 Å². The number of aliphatic carboxylic acids is 1. The highest BCUT2D eigenvalue weighted by atomic mass is 16.5. The van der Waals surface area contributed by atoms with E-state index in [-0.39, 0.29) is 6.42 Å². The second-order valence-corrected chi connectivity index (χ2v) is 4.98. The predicted molar refractivity (Wildman–Crippen MR) is 60.4 cm³/mol. The second kappa shape index (κ2) is 5.15. The number of carbonyl (C=O) groups is 1. The van der Waals surface area contributed by atoms with Crippen molar-refractivity contribution < 1.29 is 14.6 Å². The molecule has 1 saturated carbocycles. The molecule has 2 atom stereocenters. The van der Waals surface area contributed by atoms with E-state index < -0.39 is 5.97 Å². The van der Waals surface area contributed by atoms with E-state index in [0.717, 1.165) is 19.6 Å². The molecule has 0 aromatic rings. The van der Waals surface area contributed by atoms with Crippen LogP contribution >= 0.6 is 0 Å². The fourth-order valence-electron chi connectivity index (χ4n) is 2.55. The number of hydrogen-bond acceptors (Lipinski definition) is 3. The smallest absolute Gasteiger partial charge is 0.304 e. The molecule has 2 unspecified atom stereocenters. The number of nitrogens with zero attached hydrogens (tertiary/aromatic N) is 1. The van der Waals surface area contributed by atoms with E-state index >= 15 is 0 Å². The highest BCUT2D eigenvalue weighted by Gasteiger charge is 2.36. The van der Waals surface area contributed by atoms with E-state index in [1.54, 1.807) is 0 Å². The SMILES string of the molecule is CC(C1CCOC1)N(CCC(=O)O)C1CC1. The molecule has 2 rings (SSSR count). The normalized spacial score (nSPS) is 27.2. The summed E-state index contributed by atoms with van der Waals surface area (Å²) in [6, 6.07) is 1.10. The van der Waals surface area contributed by atoms with Crippen LogP contribution in [0.4, 0.5) is 0 Å². The van der Waals surface area contributed by atoms with Gasteiger partial charge in [-0.3, -0.25) is 9.69 Å². The van der Waals surface area contributed by atoms with Crippen LogP contribution in [-0.4, -0.2) is 47.8 Å². The van der Waals surface area contributed by atoms with E-state index in [1.165, 1.54) is 12.8 Å². The largest absolute Gasteiger partial charge is 0.481 e. The maximum Gasteiger partial charge on any atom is 0.304 e. The standard InChI is InChI=1S/C12H21NO3/c1-9(10-5-7-16-8-10)13(11-2-3-11)6-4-12(14)15/h9-11H,2-8H2,1H3,(H,14,15). The molecular formula is C12H21NO3. The average molecular weight is 227 g/mol. The summed E-state index contributed by atoms with van der Waals surface area (Å²) in [6.07, 6.45) is 3.85.